The Balaban J connectivity index is 1.40. The molecule has 4 rings (SSSR count). The molecule has 3 heterocycles. The van der Waals surface area contributed by atoms with Crippen molar-refractivity contribution in [3.05, 3.63) is 44.9 Å². The van der Waals surface area contributed by atoms with Crippen LogP contribution in [-0.4, -0.2) is 27.8 Å². The van der Waals surface area contributed by atoms with Crippen molar-refractivity contribution >= 4 is 50.6 Å². The van der Waals surface area contributed by atoms with Gasteiger partial charge in [-0.2, -0.15) is 0 Å². The molecule has 0 spiro atoms. The first-order valence-electron chi connectivity index (χ1n) is 9.73. The van der Waals surface area contributed by atoms with Gasteiger partial charge in [0.15, 0.2) is 5.16 Å². The lowest BCUT2D eigenvalue weighted by molar-refractivity contribution is -0.118. The zero-order valence-corrected chi connectivity index (χ0v) is 18.7. The van der Waals surface area contributed by atoms with Crippen LogP contribution in [0, 0.1) is 0 Å². The molecule has 5 nitrogen and oxygen atoms in total. The van der Waals surface area contributed by atoms with Crippen molar-refractivity contribution < 1.29 is 4.79 Å². The quantitative estimate of drug-likeness (QED) is 0.322. The molecule has 1 N–H and O–H groups in total. The Morgan fingerprint density at radius 3 is 3.00 bits per heavy atom. The minimum Gasteiger partial charge on any atom is -0.355 e. The molecule has 0 unspecified atom stereocenters. The van der Waals surface area contributed by atoms with Gasteiger partial charge in [-0.05, 0) is 43.6 Å². The number of aromatic nitrogens is 2. The van der Waals surface area contributed by atoms with E-state index in [9.17, 15) is 9.59 Å². The second kappa shape index (κ2) is 9.28. The summed E-state index contributed by atoms with van der Waals surface area (Å²) in [6.07, 6.45) is 8.10. The van der Waals surface area contributed by atoms with Crippen molar-refractivity contribution in [3.8, 4) is 10.4 Å². The van der Waals surface area contributed by atoms with Gasteiger partial charge in [-0.25, -0.2) is 4.98 Å². The van der Waals surface area contributed by atoms with E-state index in [0.29, 0.717) is 17.1 Å². The topological polar surface area (TPSA) is 64.0 Å². The molecule has 0 saturated heterocycles. The number of thioether (sulfide) groups is 1. The van der Waals surface area contributed by atoms with Crippen molar-refractivity contribution in [1.29, 1.82) is 0 Å². The van der Waals surface area contributed by atoms with E-state index in [1.807, 2.05) is 22.9 Å². The van der Waals surface area contributed by atoms with Crippen molar-refractivity contribution in [2.45, 2.75) is 37.3 Å². The second-order valence-corrected chi connectivity index (χ2v) is 9.81. The molecule has 1 amide bonds. The normalized spacial score (nSPS) is 14.2. The van der Waals surface area contributed by atoms with Crippen molar-refractivity contribution in [1.82, 2.24) is 14.9 Å². The highest BCUT2D eigenvalue weighted by atomic mass is 32.2. The van der Waals surface area contributed by atoms with Crippen molar-refractivity contribution in [2.75, 3.05) is 12.3 Å². The average Bonchev–Trinajstić information content (AvgIpc) is 3.40. The summed E-state index contributed by atoms with van der Waals surface area (Å²) in [5.41, 5.74) is 2.34. The molecule has 0 aromatic carbocycles. The van der Waals surface area contributed by atoms with E-state index in [2.05, 4.69) is 16.4 Å². The average molecular weight is 446 g/mol. The first kappa shape index (κ1) is 20.4. The minimum atomic E-state index is -0.0632. The Kier molecular flexibility index (Phi) is 6.52. The zero-order chi connectivity index (χ0) is 20.2. The fourth-order valence-corrected chi connectivity index (χ4v) is 6.08. The van der Waals surface area contributed by atoms with Crippen LogP contribution in [0.5, 0.6) is 0 Å². The molecule has 8 heteroatoms. The highest BCUT2D eigenvalue weighted by Gasteiger charge is 2.17. The number of rotatable bonds is 7. The second-order valence-electron chi connectivity index (χ2n) is 7.06. The lowest BCUT2D eigenvalue weighted by atomic mass is 9.97. The molecule has 0 fully saturated rings. The third kappa shape index (κ3) is 4.65. The molecule has 0 atom stereocenters. The molecule has 0 aliphatic heterocycles. The predicted octanol–water partition coefficient (Wildman–Crippen LogP) is 4.82. The van der Waals surface area contributed by atoms with Crippen LogP contribution >= 0.6 is 34.4 Å². The van der Waals surface area contributed by atoms with E-state index in [1.165, 1.54) is 41.5 Å². The summed E-state index contributed by atoms with van der Waals surface area (Å²) in [6.45, 7) is 0.672. The molecule has 3 aromatic rings. The smallest absolute Gasteiger partial charge is 0.263 e. The number of hydrogen-bond donors (Lipinski definition) is 1. The number of allylic oxidation sites excluding steroid dienone is 1. The standard InChI is InChI=1S/C21H23N3O2S3/c1-24-20(26)18-15(16-8-5-11-27-16)12-28-19(18)23-21(24)29-13-17(25)22-10-9-14-6-3-2-4-7-14/h5-6,8,11-12H,2-4,7,9-10,13H2,1H3,(H,22,25). The maximum absolute atomic E-state index is 12.9. The summed E-state index contributed by atoms with van der Waals surface area (Å²) in [5, 5.41) is 8.22. The Morgan fingerprint density at radius 2 is 2.24 bits per heavy atom. The van der Waals surface area contributed by atoms with Crippen LogP contribution in [0.15, 0.2) is 44.5 Å². The SMILES string of the molecule is Cn1c(SCC(=O)NCCC2=CCCCC2)nc2scc(-c3cccs3)c2c1=O. The van der Waals surface area contributed by atoms with Crippen LogP contribution in [0.2, 0.25) is 0 Å². The lowest BCUT2D eigenvalue weighted by Crippen LogP contribution is -2.27. The number of nitrogens with zero attached hydrogens (tertiary/aromatic N) is 2. The summed E-state index contributed by atoms with van der Waals surface area (Å²) in [6, 6.07) is 4.00. The number of thiophene rings is 2. The maximum Gasteiger partial charge on any atom is 0.263 e. The van der Waals surface area contributed by atoms with Gasteiger partial charge in [-0.1, -0.05) is 29.5 Å². The monoisotopic (exact) mass is 445 g/mol. The van der Waals surface area contributed by atoms with E-state index < -0.39 is 0 Å². The van der Waals surface area contributed by atoms with E-state index in [-0.39, 0.29) is 17.2 Å². The fourth-order valence-electron chi connectivity index (χ4n) is 3.47. The van der Waals surface area contributed by atoms with Gasteiger partial charge in [-0.15, -0.1) is 22.7 Å². The first-order chi connectivity index (χ1) is 14.1. The molecule has 0 radical (unpaired) electrons. The van der Waals surface area contributed by atoms with Gasteiger partial charge in [0.1, 0.15) is 4.83 Å². The Labute approximate surface area is 181 Å². The zero-order valence-electron chi connectivity index (χ0n) is 16.3. The van der Waals surface area contributed by atoms with E-state index in [0.717, 1.165) is 34.5 Å². The molecule has 0 bridgehead atoms. The fraction of sp³-hybridized carbons (Fsp3) is 0.381. The Bertz CT molecular complexity index is 1100. The van der Waals surface area contributed by atoms with Crippen LogP contribution in [0.1, 0.15) is 32.1 Å². The molecule has 1 aliphatic carbocycles. The molecule has 152 valence electrons. The van der Waals surface area contributed by atoms with Gasteiger partial charge in [0.25, 0.3) is 5.56 Å². The van der Waals surface area contributed by atoms with Crippen molar-refractivity contribution in [3.63, 3.8) is 0 Å². The maximum atomic E-state index is 12.9. The predicted molar refractivity (Wildman–Crippen MR) is 123 cm³/mol. The van der Waals surface area contributed by atoms with Crippen LogP contribution in [-0.2, 0) is 11.8 Å². The van der Waals surface area contributed by atoms with Gasteiger partial charge in [-0.3, -0.25) is 14.2 Å². The molecule has 0 saturated carbocycles. The van der Waals surface area contributed by atoms with Crippen molar-refractivity contribution in [2.24, 2.45) is 7.05 Å². The van der Waals surface area contributed by atoms with E-state index in [1.54, 1.807) is 23.0 Å². The van der Waals surface area contributed by atoms with Gasteiger partial charge in [0.2, 0.25) is 5.91 Å². The highest BCUT2D eigenvalue weighted by molar-refractivity contribution is 7.99. The highest BCUT2D eigenvalue weighted by Crippen LogP contribution is 2.34. The Morgan fingerprint density at radius 1 is 1.34 bits per heavy atom. The van der Waals surface area contributed by atoms with Crippen LogP contribution < -0.4 is 10.9 Å². The summed E-state index contributed by atoms with van der Waals surface area (Å²) in [5.74, 6) is 0.236. The number of hydrogen-bond acceptors (Lipinski definition) is 6. The third-order valence-corrected chi connectivity index (χ3v) is 7.85. The lowest BCUT2D eigenvalue weighted by Gasteiger charge is -2.13. The molecule has 29 heavy (non-hydrogen) atoms. The number of fused-ring (bicyclic) bond motifs is 1. The number of amides is 1. The molecule has 3 aromatic heterocycles. The number of nitrogens with one attached hydrogen (secondary N) is 1. The molecular weight excluding hydrogens is 422 g/mol. The number of carbonyl (C=O) groups is 1. The van der Waals surface area contributed by atoms with E-state index in [4.69, 9.17) is 0 Å². The van der Waals surface area contributed by atoms with Gasteiger partial charge < -0.3 is 5.32 Å². The van der Waals surface area contributed by atoms with Gasteiger partial charge >= 0.3 is 0 Å². The van der Waals surface area contributed by atoms with Crippen LogP contribution in [0.4, 0.5) is 0 Å². The first-order valence-corrected chi connectivity index (χ1v) is 12.5. The third-order valence-electron chi connectivity index (χ3n) is 5.05. The van der Waals surface area contributed by atoms with Crippen LogP contribution in [0.25, 0.3) is 20.7 Å². The largest absolute Gasteiger partial charge is 0.355 e. The summed E-state index contributed by atoms with van der Waals surface area (Å²) in [7, 11) is 1.72. The molecule has 1 aliphatic rings. The minimum absolute atomic E-state index is 0.0220. The van der Waals surface area contributed by atoms with Gasteiger partial charge in [0.05, 0.1) is 11.1 Å². The summed E-state index contributed by atoms with van der Waals surface area (Å²) < 4.78 is 1.55. The summed E-state index contributed by atoms with van der Waals surface area (Å²) in [4.78, 5) is 31.6. The van der Waals surface area contributed by atoms with Gasteiger partial charge in [0, 0.05) is 29.4 Å². The Hall–Kier alpha value is -1.90. The van der Waals surface area contributed by atoms with Crippen LogP contribution in [0.3, 0.4) is 0 Å². The molecular formula is C21H23N3O2S3. The van der Waals surface area contributed by atoms with E-state index >= 15 is 0 Å². The summed E-state index contributed by atoms with van der Waals surface area (Å²) >= 11 is 4.40. The number of carbonyl (C=O) groups excluding carboxylic acids is 1.